The maximum atomic E-state index is 12.5. The molecule has 17 heavy (non-hydrogen) atoms. The Hall–Kier alpha value is -1.62. The average molecular weight is 241 g/mol. The summed E-state index contributed by atoms with van der Waals surface area (Å²) >= 11 is 0. The molecule has 1 aromatic heterocycles. The minimum atomic E-state index is -4.35. The van der Waals surface area contributed by atoms with E-state index in [4.69, 9.17) is 0 Å². The molecule has 2 rings (SSSR count). The van der Waals surface area contributed by atoms with E-state index in [1.807, 2.05) is 0 Å². The predicted octanol–water partition coefficient (Wildman–Crippen LogP) is 3.31. The van der Waals surface area contributed by atoms with Gasteiger partial charge in [0.2, 0.25) is 0 Å². The minimum absolute atomic E-state index is 0.407. The molecule has 0 bridgehead atoms. The molecular formula is C12H10F3NO. The summed E-state index contributed by atoms with van der Waals surface area (Å²) in [6.45, 7) is 1.55. The van der Waals surface area contributed by atoms with Crippen LogP contribution in [0.1, 0.15) is 24.3 Å². The van der Waals surface area contributed by atoms with E-state index in [1.165, 1.54) is 18.2 Å². The number of nitrogens with zero attached hydrogens (tertiary/aromatic N) is 1. The van der Waals surface area contributed by atoms with Gasteiger partial charge in [-0.25, -0.2) is 0 Å². The van der Waals surface area contributed by atoms with E-state index in [-0.39, 0.29) is 0 Å². The molecule has 1 N–H and O–H groups in total. The van der Waals surface area contributed by atoms with Crippen LogP contribution in [0, 0.1) is 0 Å². The first-order valence-electron chi connectivity index (χ1n) is 5.04. The maximum Gasteiger partial charge on any atom is 0.416 e. The Morgan fingerprint density at radius 1 is 1.18 bits per heavy atom. The zero-order valence-electron chi connectivity index (χ0n) is 8.99. The van der Waals surface area contributed by atoms with Crippen LogP contribution in [0.2, 0.25) is 0 Å². The Kier molecular flexibility index (Phi) is 2.79. The third-order valence-electron chi connectivity index (χ3n) is 2.47. The van der Waals surface area contributed by atoms with Crippen LogP contribution in [0.5, 0.6) is 0 Å². The Morgan fingerprint density at radius 2 is 1.88 bits per heavy atom. The molecule has 0 aliphatic rings. The molecule has 0 radical (unpaired) electrons. The van der Waals surface area contributed by atoms with Gasteiger partial charge in [-0.1, -0.05) is 6.07 Å². The second-order valence-electron chi connectivity index (χ2n) is 3.82. The summed E-state index contributed by atoms with van der Waals surface area (Å²) in [6.07, 6.45) is -5.08. The van der Waals surface area contributed by atoms with Crippen LogP contribution in [0.4, 0.5) is 13.2 Å². The molecule has 90 valence electrons. The number of rotatable bonds is 1. The Morgan fingerprint density at radius 3 is 2.47 bits per heavy atom. The molecule has 0 saturated carbocycles. The van der Waals surface area contributed by atoms with Crippen molar-refractivity contribution in [2.45, 2.75) is 19.2 Å². The van der Waals surface area contributed by atoms with Gasteiger partial charge in [-0.05, 0) is 31.2 Å². The fourth-order valence-corrected chi connectivity index (χ4v) is 1.55. The van der Waals surface area contributed by atoms with Gasteiger partial charge in [0.25, 0.3) is 0 Å². The number of aliphatic hydroxyl groups excluding tert-OH is 1. The van der Waals surface area contributed by atoms with Gasteiger partial charge in [0.05, 0.1) is 22.9 Å². The molecule has 2 nitrogen and oxygen atoms in total. The number of aliphatic hydroxyl groups is 1. The van der Waals surface area contributed by atoms with Gasteiger partial charge >= 0.3 is 6.18 Å². The van der Waals surface area contributed by atoms with Crippen LogP contribution in [0.25, 0.3) is 10.9 Å². The molecular weight excluding hydrogens is 231 g/mol. The molecule has 1 unspecified atom stereocenters. The van der Waals surface area contributed by atoms with Gasteiger partial charge in [0.1, 0.15) is 0 Å². The maximum absolute atomic E-state index is 12.5. The monoisotopic (exact) mass is 241 g/mol. The van der Waals surface area contributed by atoms with E-state index in [0.29, 0.717) is 16.6 Å². The summed E-state index contributed by atoms with van der Waals surface area (Å²) < 4.78 is 37.4. The van der Waals surface area contributed by atoms with Crippen molar-refractivity contribution in [1.82, 2.24) is 4.98 Å². The van der Waals surface area contributed by atoms with Crippen molar-refractivity contribution in [3.8, 4) is 0 Å². The standard InChI is InChI=1S/C12H10F3NO/c1-7(17)10-4-2-8-6-9(12(13,14)15)3-5-11(8)16-10/h2-7,17H,1H3. The lowest BCUT2D eigenvalue weighted by Gasteiger charge is -2.09. The van der Waals surface area contributed by atoms with Crippen LogP contribution in [-0.4, -0.2) is 10.1 Å². The van der Waals surface area contributed by atoms with Crippen LogP contribution in [0.15, 0.2) is 30.3 Å². The minimum Gasteiger partial charge on any atom is -0.387 e. The third-order valence-corrected chi connectivity index (χ3v) is 2.47. The molecule has 1 aromatic carbocycles. The zero-order valence-corrected chi connectivity index (χ0v) is 8.99. The van der Waals surface area contributed by atoms with Crippen molar-refractivity contribution in [1.29, 1.82) is 0 Å². The Balaban J connectivity index is 2.54. The molecule has 1 atom stereocenters. The number of pyridine rings is 1. The van der Waals surface area contributed by atoms with Gasteiger partial charge in [0, 0.05) is 5.39 Å². The molecule has 5 heteroatoms. The van der Waals surface area contributed by atoms with Crippen molar-refractivity contribution in [3.05, 3.63) is 41.6 Å². The zero-order chi connectivity index (χ0) is 12.6. The summed E-state index contributed by atoms with van der Waals surface area (Å²) in [7, 11) is 0. The van der Waals surface area contributed by atoms with E-state index >= 15 is 0 Å². The van der Waals surface area contributed by atoms with E-state index in [0.717, 1.165) is 12.1 Å². The smallest absolute Gasteiger partial charge is 0.387 e. The lowest BCUT2D eigenvalue weighted by molar-refractivity contribution is -0.137. The number of hydrogen-bond donors (Lipinski definition) is 1. The van der Waals surface area contributed by atoms with Crippen molar-refractivity contribution in [2.24, 2.45) is 0 Å². The van der Waals surface area contributed by atoms with Crippen LogP contribution >= 0.6 is 0 Å². The van der Waals surface area contributed by atoms with Crippen LogP contribution in [0.3, 0.4) is 0 Å². The Labute approximate surface area is 95.7 Å². The molecule has 0 aliphatic carbocycles. The highest BCUT2D eigenvalue weighted by Gasteiger charge is 2.30. The molecule has 0 spiro atoms. The van der Waals surface area contributed by atoms with Crippen molar-refractivity contribution in [3.63, 3.8) is 0 Å². The van der Waals surface area contributed by atoms with E-state index in [9.17, 15) is 18.3 Å². The van der Waals surface area contributed by atoms with Gasteiger partial charge in [-0.3, -0.25) is 4.98 Å². The van der Waals surface area contributed by atoms with Gasteiger partial charge in [0.15, 0.2) is 0 Å². The highest BCUT2D eigenvalue weighted by Crippen LogP contribution is 2.31. The van der Waals surface area contributed by atoms with E-state index in [1.54, 1.807) is 6.92 Å². The highest BCUT2D eigenvalue weighted by molar-refractivity contribution is 5.79. The number of aromatic nitrogens is 1. The first-order valence-corrected chi connectivity index (χ1v) is 5.04. The second-order valence-corrected chi connectivity index (χ2v) is 3.82. The second kappa shape index (κ2) is 4.00. The molecule has 0 fully saturated rings. The molecule has 2 aromatic rings. The number of benzene rings is 1. The summed E-state index contributed by atoms with van der Waals surface area (Å²) in [5, 5.41) is 9.73. The normalized spacial score (nSPS) is 13.9. The predicted molar refractivity (Wildman–Crippen MR) is 57.4 cm³/mol. The van der Waals surface area contributed by atoms with Crippen molar-refractivity contribution in [2.75, 3.05) is 0 Å². The summed E-state index contributed by atoms with van der Waals surface area (Å²) in [5.41, 5.74) is 0.185. The van der Waals surface area contributed by atoms with Gasteiger partial charge < -0.3 is 5.11 Å². The molecule has 0 aliphatic heterocycles. The topological polar surface area (TPSA) is 33.1 Å². The fraction of sp³-hybridized carbons (Fsp3) is 0.250. The summed E-state index contributed by atoms with van der Waals surface area (Å²) in [6, 6.07) is 6.39. The number of alkyl halides is 3. The third kappa shape index (κ3) is 2.39. The molecule has 0 amide bonds. The van der Waals surface area contributed by atoms with Crippen molar-refractivity contribution >= 4 is 10.9 Å². The largest absolute Gasteiger partial charge is 0.416 e. The fourth-order valence-electron chi connectivity index (χ4n) is 1.55. The number of fused-ring (bicyclic) bond motifs is 1. The van der Waals surface area contributed by atoms with Crippen LogP contribution in [-0.2, 0) is 6.18 Å². The highest BCUT2D eigenvalue weighted by atomic mass is 19.4. The van der Waals surface area contributed by atoms with Crippen molar-refractivity contribution < 1.29 is 18.3 Å². The van der Waals surface area contributed by atoms with Gasteiger partial charge in [-0.2, -0.15) is 13.2 Å². The summed E-state index contributed by atoms with van der Waals surface area (Å²) in [5.74, 6) is 0. The van der Waals surface area contributed by atoms with Crippen LogP contribution < -0.4 is 0 Å². The first kappa shape index (κ1) is 11.9. The lowest BCUT2D eigenvalue weighted by Crippen LogP contribution is -2.04. The Bertz CT molecular complexity index is 549. The summed E-state index contributed by atoms with van der Waals surface area (Å²) in [4.78, 5) is 4.08. The van der Waals surface area contributed by atoms with Gasteiger partial charge in [-0.15, -0.1) is 0 Å². The first-order chi connectivity index (χ1) is 7.88. The molecule has 0 saturated heterocycles. The van der Waals surface area contributed by atoms with E-state index < -0.39 is 17.8 Å². The number of halogens is 3. The number of hydrogen-bond acceptors (Lipinski definition) is 2. The lowest BCUT2D eigenvalue weighted by atomic mass is 10.1. The van der Waals surface area contributed by atoms with E-state index in [2.05, 4.69) is 4.98 Å². The molecule has 1 heterocycles. The average Bonchev–Trinajstić information content (AvgIpc) is 2.26. The quantitative estimate of drug-likeness (QED) is 0.830. The SMILES string of the molecule is CC(O)c1ccc2cc(C(F)(F)F)ccc2n1.